The van der Waals surface area contributed by atoms with Gasteiger partial charge in [-0.15, -0.1) is 0 Å². The molecule has 0 atom stereocenters. The van der Waals surface area contributed by atoms with Crippen molar-refractivity contribution in [2.75, 3.05) is 18.0 Å². The molecule has 60 valence electrons. The van der Waals surface area contributed by atoms with Crippen LogP contribution in [0.1, 0.15) is 19.0 Å². The Morgan fingerprint density at radius 3 is 2.91 bits per heavy atom. The number of aryl methyl sites for hydroxylation is 1. The zero-order valence-electron chi connectivity index (χ0n) is 6.80. The first-order chi connectivity index (χ1) is 5.40. The zero-order valence-corrected chi connectivity index (χ0v) is 6.80. The van der Waals surface area contributed by atoms with Crippen LogP contribution in [-0.4, -0.2) is 23.1 Å². The first-order valence-electron chi connectivity index (χ1n) is 4.19. The molecule has 0 saturated carbocycles. The van der Waals surface area contributed by atoms with Crippen molar-refractivity contribution in [1.29, 1.82) is 0 Å². The summed E-state index contributed by atoms with van der Waals surface area (Å²) in [5.74, 6) is 1.05. The molecule has 2 rings (SSSR count). The van der Waals surface area contributed by atoms with Crippen molar-refractivity contribution in [2.45, 2.75) is 19.8 Å². The fourth-order valence-corrected chi connectivity index (χ4v) is 1.22. The highest BCUT2D eigenvalue weighted by molar-refractivity contribution is 5.33. The van der Waals surface area contributed by atoms with E-state index in [-0.39, 0.29) is 0 Å². The molecule has 1 N–H and O–H groups in total. The Hall–Kier alpha value is -0.990. The maximum absolute atomic E-state index is 4.28. The van der Waals surface area contributed by atoms with Gasteiger partial charge in [0, 0.05) is 18.8 Å². The second-order valence-electron chi connectivity index (χ2n) is 2.93. The Morgan fingerprint density at radius 2 is 2.45 bits per heavy atom. The van der Waals surface area contributed by atoms with Gasteiger partial charge in [0.15, 0.2) is 0 Å². The summed E-state index contributed by atoms with van der Waals surface area (Å²) in [4.78, 5) is 9.82. The summed E-state index contributed by atoms with van der Waals surface area (Å²) in [6.45, 7) is 4.46. The van der Waals surface area contributed by atoms with Crippen LogP contribution in [0.25, 0.3) is 0 Å². The van der Waals surface area contributed by atoms with E-state index in [9.17, 15) is 0 Å². The summed E-state index contributed by atoms with van der Waals surface area (Å²) in [6, 6.07) is 0. The van der Waals surface area contributed by atoms with Crippen molar-refractivity contribution in [3.63, 3.8) is 0 Å². The molecule has 3 heteroatoms. The van der Waals surface area contributed by atoms with E-state index in [0.29, 0.717) is 0 Å². The summed E-state index contributed by atoms with van der Waals surface area (Å²) in [5, 5.41) is 0. The van der Waals surface area contributed by atoms with Crippen LogP contribution in [-0.2, 0) is 6.42 Å². The Bertz CT molecular complexity index is 237. The minimum Gasteiger partial charge on any atom is -0.342 e. The molecule has 0 aliphatic carbocycles. The number of aromatic nitrogens is 2. The van der Waals surface area contributed by atoms with Gasteiger partial charge in [-0.25, -0.2) is 4.98 Å². The van der Waals surface area contributed by atoms with Crippen molar-refractivity contribution in [3.05, 3.63) is 11.9 Å². The van der Waals surface area contributed by atoms with Crippen LogP contribution in [0, 0.1) is 0 Å². The topological polar surface area (TPSA) is 31.9 Å². The van der Waals surface area contributed by atoms with Gasteiger partial charge in [-0.05, 0) is 12.8 Å². The van der Waals surface area contributed by atoms with E-state index in [2.05, 4.69) is 21.8 Å². The molecule has 3 nitrogen and oxygen atoms in total. The van der Waals surface area contributed by atoms with Gasteiger partial charge in [-0.1, -0.05) is 6.92 Å². The summed E-state index contributed by atoms with van der Waals surface area (Å²) >= 11 is 0. The van der Waals surface area contributed by atoms with Crippen molar-refractivity contribution in [3.8, 4) is 0 Å². The van der Waals surface area contributed by atoms with Gasteiger partial charge in [-0.3, -0.25) is 0 Å². The van der Waals surface area contributed by atoms with E-state index >= 15 is 0 Å². The van der Waals surface area contributed by atoms with Gasteiger partial charge in [0.25, 0.3) is 0 Å². The van der Waals surface area contributed by atoms with Crippen LogP contribution in [0.4, 0.5) is 5.95 Å². The SMILES string of the molecule is CCc1cnc(N2CCC2)[nH]1. The van der Waals surface area contributed by atoms with E-state index < -0.39 is 0 Å². The first kappa shape index (κ1) is 6.70. The fraction of sp³-hybridized carbons (Fsp3) is 0.625. The van der Waals surface area contributed by atoms with Gasteiger partial charge in [-0.2, -0.15) is 0 Å². The molecule has 1 fully saturated rings. The van der Waals surface area contributed by atoms with Crippen molar-refractivity contribution in [1.82, 2.24) is 9.97 Å². The predicted molar refractivity (Wildman–Crippen MR) is 44.8 cm³/mol. The lowest BCUT2D eigenvalue weighted by atomic mass is 10.2. The van der Waals surface area contributed by atoms with Gasteiger partial charge in [0.05, 0.1) is 6.20 Å². The average molecular weight is 151 g/mol. The number of rotatable bonds is 2. The fourth-order valence-electron chi connectivity index (χ4n) is 1.22. The summed E-state index contributed by atoms with van der Waals surface area (Å²) in [7, 11) is 0. The summed E-state index contributed by atoms with van der Waals surface area (Å²) in [6.07, 6.45) is 4.27. The third-order valence-corrected chi connectivity index (χ3v) is 2.15. The lowest BCUT2D eigenvalue weighted by Gasteiger charge is -2.30. The minimum absolute atomic E-state index is 1.04. The van der Waals surface area contributed by atoms with Crippen molar-refractivity contribution in [2.24, 2.45) is 0 Å². The average Bonchev–Trinajstić information content (AvgIpc) is 2.32. The van der Waals surface area contributed by atoms with Gasteiger partial charge < -0.3 is 9.88 Å². The number of hydrogen-bond donors (Lipinski definition) is 1. The molecular formula is C8H13N3. The van der Waals surface area contributed by atoms with Crippen LogP contribution in [0.15, 0.2) is 6.20 Å². The zero-order chi connectivity index (χ0) is 7.68. The van der Waals surface area contributed by atoms with E-state index in [4.69, 9.17) is 0 Å². The number of nitrogens with one attached hydrogen (secondary N) is 1. The molecular weight excluding hydrogens is 138 g/mol. The largest absolute Gasteiger partial charge is 0.342 e. The van der Waals surface area contributed by atoms with E-state index in [1.807, 2.05) is 6.20 Å². The molecule has 0 aromatic carbocycles. The highest BCUT2D eigenvalue weighted by Crippen LogP contribution is 2.15. The normalized spacial score (nSPS) is 16.6. The maximum atomic E-state index is 4.28. The number of anilines is 1. The first-order valence-corrected chi connectivity index (χ1v) is 4.19. The number of aromatic amines is 1. The molecule has 1 aliphatic rings. The molecule has 0 radical (unpaired) electrons. The van der Waals surface area contributed by atoms with Gasteiger partial charge >= 0.3 is 0 Å². The number of imidazole rings is 1. The Labute approximate surface area is 66.4 Å². The molecule has 1 aromatic rings. The van der Waals surface area contributed by atoms with Gasteiger partial charge in [0.2, 0.25) is 5.95 Å². The highest BCUT2D eigenvalue weighted by Gasteiger charge is 2.16. The summed E-state index contributed by atoms with van der Waals surface area (Å²) < 4.78 is 0. The molecule has 0 unspecified atom stereocenters. The van der Waals surface area contributed by atoms with Crippen LogP contribution >= 0.6 is 0 Å². The van der Waals surface area contributed by atoms with Crippen molar-refractivity contribution >= 4 is 5.95 Å². The highest BCUT2D eigenvalue weighted by atomic mass is 15.3. The second-order valence-corrected chi connectivity index (χ2v) is 2.93. The number of nitrogens with zero attached hydrogens (tertiary/aromatic N) is 2. The molecule has 1 aromatic heterocycles. The van der Waals surface area contributed by atoms with Crippen molar-refractivity contribution < 1.29 is 0 Å². The van der Waals surface area contributed by atoms with Crippen LogP contribution in [0.5, 0.6) is 0 Å². The molecule has 1 saturated heterocycles. The molecule has 1 aliphatic heterocycles. The van der Waals surface area contributed by atoms with E-state index in [1.165, 1.54) is 12.1 Å². The third-order valence-electron chi connectivity index (χ3n) is 2.15. The monoisotopic (exact) mass is 151 g/mol. The lowest BCUT2D eigenvalue weighted by molar-refractivity contribution is 0.603. The van der Waals surface area contributed by atoms with Crippen LogP contribution in [0.3, 0.4) is 0 Å². The Morgan fingerprint density at radius 1 is 1.64 bits per heavy atom. The Kier molecular flexibility index (Phi) is 1.56. The Balaban J connectivity index is 2.11. The molecule has 11 heavy (non-hydrogen) atoms. The molecule has 0 spiro atoms. The predicted octanol–water partition coefficient (Wildman–Crippen LogP) is 1.18. The van der Waals surface area contributed by atoms with E-state index in [0.717, 1.165) is 25.5 Å². The third kappa shape index (κ3) is 1.11. The minimum atomic E-state index is 1.04. The van der Waals surface area contributed by atoms with Gasteiger partial charge in [0.1, 0.15) is 0 Å². The lowest BCUT2D eigenvalue weighted by Crippen LogP contribution is -2.37. The maximum Gasteiger partial charge on any atom is 0.202 e. The quantitative estimate of drug-likeness (QED) is 0.688. The molecule has 0 amide bonds. The molecule has 2 heterocycles. The standard InChI is InChI=1S/C8H13N3/c1-2-7-6-9-8(10-7)11-4-3-5-11/h6H,2-5H2,1H3,(H,9,10). The molecule has 0 bridgehead atoms. The number of hydrogen-bond acceptors (Lipinski definition) is 2. The number of H-pyrrole nitrogens is 1. The van der Waals surface area contributed by atoms with Crippen LogP contribution < -0.4 is 4.90 Å². The smallest absolute Gasteiger partial charge is 0.202 e. The summed E-state index contributed by atoms with van der Waals surface area (Å²) in [5.41, 5.74) is 1.23. The van der Waals surface area contributed by atoms with E-state index in [1.54, 1.807) is 0 Å². The van der Waals surface area contributed by atoms with Crippen LogP contribution in [0.2, 0.25) is 0 Å². The second kappa shape index (κ2) is 2.57.